The molecule has 1 rings (SSSR count). The van der Waals surface area contributed by atoms with Crippen molar-refractivity contribution in [2.45, 2.75) is 57.0 Å². The molecule has 4 nitrogen and oxygen atoms in total. The normalized spacial score (nSPS) is 31.2. The Hall–Kier alpha value is -0.580. The Bertz CT molecular complexity index is 387. The van der Waals surface area contributed by atoms with Crippen molar-refractivity contribution in [1.82, 2.24) is 0 Å². The monoisotopic (exact) mass is 262 g/mol. The van der Waals surface area contributed by atoms with Gasteiger partial charge in [0, 0.05) is 0 Å². The Morgan fingerprint density at radius 1 is 1.12 bits per heavy atom. The first-order valence-corrected chi connectivity index (χ1v) is 7.60. The minimum atomic E-state index is -3.63. The first-order chi connectivity index (χ1) is 7.59. The Balaban J connectivity index is 3.02. The Labute approximate surface area is 103 Å². The summed E-state index contributed by atoms with van der Waals surface area (Å²) in [6.07, 6.45) is 2.20. The second-order valence-corrected chi connectivity index (χ2v) is 8.68. The van der Waals surface area contributed by atoms with E-state index in [1.165, 1.54) is 13.8 Å². The van der Waals surface area contributed by atoms with Gasteiger partial charge in [0.2, 0.25) is 0 Å². The molecule has 0 aliphatic heterocycles. The molecule has 17 heavy (non-hydrogen) atoms. The molecule has 2 unspecified atom stereocenters. The minimum Gasteiger partial charge on any atom is -0.480 e. The van der Waals surface area contributed by atoms with Crippen LogP contribution >= 0.6 is 0 Å². The van der Waals surface area contributed by atoms with Gasteiger partial charge >= 0.3 is 5.97 Å². The van der Waals surface area contributed by atoms with Crippen molar-refractivity contribution in [2.24, 2.45) is 11.8 Å². The van der Waals surface area contributed by atoms with Crippen LogP contribution in [-0.2, 0) is 14.6 Å². The van der Waals surface area contributed by atoms with Crippen LogP contribution in [0, 0.1) is 11.8 Å². The van der Waals surface area contributed by atoms with Crippen LogP contribution in [0.3, 0.4) is 0 Å². The summed E-state index contributed by atoms with van der Waals surface area (Å²) in [5.41, 5.74) is 0. The van der Waals surface area contributed by atoms with Gasteiger partial charge in [0.25, 0.3) is 0 Å². The topological polar surface area (TPSA) is 71.4 Å². The van der Waals surface area contributed by atoms with Gasteiger partial charge < -0.3 is 5.11 Å². The van der Waals surface area contributed by atoms with Gasteiger partial charge in [0.15, 0.2) is 14.6 Å². The molecule has 100 valence electrons. The number of carbonyl (C=O) groups is 1. The maximum absolute atomic E-state index is 12.4. The van der Waals surface area contributed by atoms with E-state index < -0.39 is 25.8 Å². The summed E-state index contributed by atoms with van der Waals surface area (Å²) >= 11 is 0. The molecule has 0 spiro atoms. The van der Waals surface area contributed by atoms with Crippen LogP contribution in [0.25, 0.3) is 0 Å². The van der Waals surface area contributed by atoms with Gasteiger partial charge in [-0.2, -0.15) is 0 Å². The van der Waals surface area contributed by atoms with Crippen molar-refractivity contribution >= 4 is 15.8 Å². The zero-order chi connectivity index (χ0) is 13.4. The van der Waals surface area contributed by atoms with Crippen LogP contribution < -0.4 is 0 Å². The number of sulfone groups is 1. The molecule has 1 fully saturated rings. The third-order valence-corrected chi connectivity index (χ3v) is 6.66. The predicted molar refractivity (Wildman–Crippen MR) is 66.6 cm³/mol. The molecular formula is C12H22O4S. The standard InChI is InChI=1S/C12H22O4S/c1-8-5-9(2)7-10(6-8)17(15,16)12(3,4)11(13)14/h8-10H,5-7H2,1-4H3,(H,13,14). The van der Waals surface area contributed by atoms with E-state index in [1.807, 2.05) is 13.8 Å². The van der Waals surface area contributed by atoms with E-state index in [4.69, 9.17) is 5.11 Å². The average molecular weight is 262 g/mol. The fraction of sp³-hybridized carbons (Fsp3) is 0.917. The van der Waals surface area contributed by atoms with Gasteiger partial charge in [-0.25, -0.2) is 8.42 Å². The molecule has 0 heterocycles. The quantitative estimate of drug-likeness (QED) is 0.845. The summed E-state index contributed by atoms with van der Waals surface area (Å²) in [5.74, 6) is -0.561. The molecule has 0 aromatic heterocycles. The van der Waals surface area contributed by atoms with Crippen molar-refractivity contribution in [1.29, 1.82) is 0 Å². The van der Waals surface area contributed by atoms with Crippen molar-refractivity contribution in [3.63, 3.8) is 0 Å². The van der Waals surface area contributed by atoms with Gasteiger partial charge in [-0.15, -0.1) is 0 Å². The lowest BCUT2D eigenvalue weighted by atomic mass is 9.83. The molecule has 0 aromatic carbocycles. The van der Waals surface area contributed by atoms with Gasteiger partial charge in [-0.05, 0) is 44.9 Å². The molecule has 5 heteroatoms. The number of hydrogen-bond acceptors (Lipinski definition) is 3. The predicted octanol–water partition coefficient (Wildman–Crippen LogP) is 2.09. The van der Waals surface area contributed by atoms with Gasteiger partial charge in [0.05, 0.1) is 5.25 Å². The second-order valence-electron chi connectivity index (χ2n) is 5.90. The fourth-order valence-corrected chi connectivity index (χ4v) is 4.91. The van der Waals surface area contributed by atoms with Gasteiger partial charge in [0.1, 0.15) is 0 Å². The fourth-order valence-electron chi connectivity index (χ4n) is 2.66. The lowest BCUT2D eigenvalue weighted by Crippen LogP contribution is -2.47. The van der Waals surface area contributed by atoms with Crippen LogP contribution in [0.15, 0.2) is 0 Å². The number of carboxylic acid groups (broad SMARTS) is 1. The SMILES string of the molecule is CC1CC(C)CC(S(=O)(=O)C(C)(C)C(=O)O)C1. The highest BCUT2D eigenvalue weighted by Gasteiger charge is 2.47. The third kappa shape index (κ3) is 2.64. The van der Waals surface area contributed by atoms with E-state index in [9.17, 15) is 13.2 Å². The maximum Gasteiger partial charge on any atom is 0.324 e. The summed E-state index contributed by atoms with van der Waals surface area (Å²) in [4.78, 5) is 11.1. The summed E-state index contributed by atoms with van der Waals surface area (Å²) < 4.78 is 23.0. The van der Waals surface area contributed by atoms with Crippen molar-refractivity contribution in [3.05, 3.63) is 0 Å². The zero-order valence-electron chi connectivity index (χ0n) is 10.9. The van der Waals surface area contributed by atoms with Gasteiger partial charge in [-0.1, -0.05) is 13.8 Å². The first-order valence-electron chi connectivity index (χ1n) is 6.06. The van der Waals surface area contributed by atoms with Gasteiger partial charge in [-0.3, -0.25) is 4.79 Å². The smallest absolute Gasteiger partial charge is 0.324 e. The van der Waals surface area contributed by atoms with E-state index >= 15 is 0 Å². The molecule has 0 saturated heterocycles. The third-order valence-electron chi connectivity index (χ3n) is 3.80. The number of carboxylic acids is 1. The molecule has 0 aromatic rings. The van der Waals surface area contributed by atoms with Crippen molar-refractivity contribution < 1.29 is 18.3 Å². The second kappa shape index (κ2) is 4.59. The van der Waals surface area contributed by atoms with E-state index in [-0.39, 0.29) is 0 Å². The number of hydrogen-bond donors (Lipinski definition) is 1. The molecule has 0 amide bonds. The van der Waals surface area contributed by atoms with E-state index in [0.717, 1.165) is 6.42 Å². The van der Waals surface area contributed by atoms with Crippen molar-refractivity contribution in [3.8, 4) is 0 Å². The molecule has 0 bridgehead atoms. The summed E-state index contributed by atoms with van der Waals surface area (Å²) in [5, 5.41) is 8.55. The minimum absolute atomic E-state index is 0.350. The van der Waals surface area contributed by atoms with Crippen LogP contribution in [-0.4, -0.2) is 29.5 Å². The lowest BCUT2D eigenvalue weighted by molar-refractivity contribution is -0.139. The molecule has 1 saturated carbocycles. The maximum atomic E-state index is 12.4. The molecule has 0 radical (unpaired) electrons. The molecular weight excluding hydrogens is 240 g/mol. The van der Waals surface area contributed by atoms with E-state index in [2.05, 4.69) is 0 Å². The van der Waals surface area contributed by atoms with Crippen LogP contribution in [0.5, 0.6) is 0 Å². The highest BCUT2D eigenvalue weighted by atomic mass is 32.2. The Morgan fingerprint density at radius 2 is 1.53 bits per heavy atom. The first kappa shape index (κ1) is 14.5. The Morgan fingerprint density at radius 3 is 1.88 bits per heavy atom. The van der Waals surface area contributed by atoms with Crippen LogP contribution in [0.1, 0.15) is 47.0 Å². The van der Waals surface area contributed by atoms with Crippen LogP contribution in [0.4, 0.5) is 0 Å². The highest BCUT2D eigenvalue weighted by Crippen LogP contribution is 2.36. The molecule has 1 aliphatic rings. The van der Waals surface area contributed by atoms with E-state index in [1.54, 1.807) is 0 Å². The molecule has 2 atom stereocenters. The molecule has 1 N–H and O–H groups in total. The summed E-state index contributed by atoms with van der Waals surface area (Å²) in [7, 11) is -3.63. The summed E-state index contributed by atoms with van der Waals surface area (Å²) in [6, 6.07) is 0. The average Bonchev–Trinajstić information content (AvgIpc) is 2.15. The molecule has 1 aliphatic carbocycles. The number of aliphatic carboxylic acids is 1. The van der Waals surface area contributed by atoms with Crippen LogP contribution in [0.2, 0.25) is 0 Å². The lowest BCUT2D eigenvalue weighted by Gasteiger charge is -2.34. The zero-order valence-corrected chi connectivity index (χ0v) is 11.8. The largest absolute Gasteiger partial charge is 0.480 e. The highest BCUT2D eigenvalue weighted by molar-refractivity contribution is 7.94. The Kier molecular flexibility index (Phi) is 3.91. The number of rotatable bonds is 3. The summed E-state index contributed by atoms with van der Waals surface area (Å²) in [6.45, 7) is 6.64. The van der Waals surface area contributed by atoms with Crippen molar-refractivity contribution in [2.75, 3.05) is 0 Å². The van der Waals surface area contributed by atoms with E-state index in [0.29, 0.717) is 24.7 Å².